The van der Waals surface area contributed by atoms with Gasteiger partial charge < -0.3 is 14.5 Å². The predicted molar refractivity (Wildman–Crippen MR) is 117 cm³/mol. The summed E-state index contributed by atoms with van der Waals surface area (Å²) in [5.41, 5.74) is -0.528. The van der Waals surface area contributed by atoms with Crippen LogP contribution in [0.15, 0.2) is 23.1 Å². The number of carbonyl (C=O) groups excluding carboxylic acids is 1. The first-order valence-electron chi connectivity index (χ1n) is 9.71. The summed E-state index contributed by atoms with van der Waals surface area (Å²) in [6.07, 6.45) is 1.62. The number of hydrogen-bond donors (Lipinski definition) is 0. The van der Waals surface area contributed by atoms with Gasteiger partial charge in [0.15, 0.2) is 9.84 Å². The molecular weight excluding hydrogens is 435 g/mol. The maximum atomic E-state index is 12.7. The predicted octanol–water partition coefficient (Wildman–Crippen LogP) is 4.35. The highest BCUT2D eigenvalue weighted by molar-refractivity contribution is 7.91. The molecule has 1 aliphatic rings. The molecule has 0 spiro atoms. The molecule has 1 fully saturated rings. The maximum absolute atomic E-state index is 12.7. The maximum Gasteiger partial charge on any atom is 0.410 e. The van der Waals surface area contributed by atoms with Gasteiger partial charge in [-0.3, -0.25) is 0 Å². The molecule has 164 valence electrons. The van der Waals surface area contributed by atoms with Crippen molar-refractivity contribution in [3.63, 3.8) is 0 Å². The van der Waals surface area contributed by atoms with Gasteiger partial charge in [0, 0.05) is 31.7 Å². The van der Waals surface area contributed by atoms with Crippen LogP contribution in [-0.2, 0) is 14.6 Å². The molecule has 0 bridgehead atoms. The summed E-state index contributed by atoms with van der Waals surface area (Å²) in [4.78, 5) is 16.0. The molecule has 29 heavy (non-hydrogen) atoms. The Balaban J connectivity index is 1.91. The Hall–Kier alpha value is -1.02. The molecule has 0 saturated carbocycles. The lowest BCUT2D eigenvalue weighted by Crippen LogP contribution is -2.44. The lowest BCUT2D eigenvalue weighted by molar-refractivity contribution is 0.0245. The lowest BCUT2D eigenvalue weighted by atomic mass is 9.98. The van der Waals surface area contributed by atoms with Crippen molar-refractivity contribution in [2.24, 2.45) is 5.92 Å². The monoisotopic (exact) mass is 464 g/mol. The van der Waals surface area contributed by atoms with Gasteiger partial charge in [0.05, 0.1) is 15.7 Å². The first-order chi connectivity index (χ1) is 13.4. The van der Waals surface area contributed by atoms with Gasteiger partial charge in [0.1, 0.15) is 5.60 Å². The van der Waals surface area contributed by atoms with Gasteiger partial charge in [-0.25, -0.2) is 13.2 Å². The number of ether oxygens (including phenoxy) is 1. The van der Waals surface area contributed by atoms with Crippen molar-refractivity contribution in [2.75, 3.05) is 39.0 Å². The number of piperidine rings is 1. The number of rotatable bonds is 6. The molecule has 0 aliphatic carbocycles. The first-order valence-corrected chi connectivity index (χ1v) is 12.1. The second-order valence-corrected chi connectivity index (χ2v) is 11.5. The van der Waals surface area contributed by atoms with Crippen LogP contribution in [0.1, 0.15) is 33.6 Å². The summed E-state index contributed by atoms with van der Waals surface area (Å²) in [5, 5.41) is 0.529. The van der Waals surface area contributed by atoms with E-state index in [0.29, 0.717) is 18.1 Å². The fraction of sp³-hybridized carbons (Fsp3) is 0.650. The highest BCUT2D eigenvalue weighted by atomic mass is 35.5. The molecule has 1 unspecified atom stereocenters. The summed E-state index contributed by atoms with van der Waals surface area (Å²) in [6, 6.07) is 4.47. The van der Waals surface area contributed by atoms with E-state index in [4.69, 9.17) is 27.9 Å². The minimum absolute atomic E-state index is 0.0261. The topological polar surface area (TPSA) is 66.9 Å². The van der Waals surface area contributed by atoms with Crippen LogP contribution in [0.5, 0.6) is 0 Å². The first kappa shape index (κ1) is 24.3. The number of halogens is 2. The van der Waals surface area contributed by atoms with Crippen molar-refractivity contribution in [1.29, 1.82) is 0 Å². The van der Waals surface area contributed by atoms with Gasteiger partial charge in [-0.2, -0.15) is 0 Å². The fourth-order valence-electron chi connectivity index (χ4n) is 3.38. The van der Waals surface area contributed by atoms with E-state index >= 15 is 0 Å². The van der Waals surface area contributed by atoms with Crippen LogP contribution in [0.2, 0.25) is 10.0 Å². The number of carbonyl (C=O) groups is 1. The standard InChI is InChI=1S/C20H30Cl2N2O4S/c1-20(2,3)28-19(25)23(4)13-15-6-5-9-24(14-15)10-11-29(26,27)18-12-16(21)7-8-17(18)22/h7-8,12,15H,5-6,9-11,13-14H2,1-4H3. The Labute approximate surface area is 184 Å². The van der Waals surface area contributed by atoms with E-state index in [-0.39, 0.29) is 27.7 Å². The summed E-state index contributed by atoms with van der Waals surface area (Å²) in [7, 11) is -1.79. The van der Waals surface area contributed by atoms with E-state index in [2.05, 4.69) is 4.90 Å². The lowest BCUT2D eigenvalue weighted by Gasteiger charge is -2.35. The zero-order chi connectivity index (χ0) is 21.8. The van der Waals surface area contributed by atoms with Crippen molar-refractivity contribution in [2.45, 2.75) is 44.1 Å². The molecule has 1 saturated heterocycles. The van der Waals surface area contributed by atoms with E-state index in [1.54, 1.807) is 18.0 Å². The quantitative estimate of drug-likeness (QED) is 0.625. The minimum atomic E-state index is -3.53. The average molecular weight is 465 g/mol. The number of nitrogens with zero attached hydrogens (tertiary/aromatic N) is 2. The van der Waals surface area contributed by atoms with E-state index in [0.717, 1.165) is 25.9 Å². The highest BCUT2D eigenvalue weighted by Gasteiger charge is 2.27. The van der Waals surface area contributed by atoms with Crippen LogP contribution in [0.4, 0.5) is 4.79 Å². The van der Waals surface area contributed by atoms with Crippen molar-refractivity contribution < 1.29 is 17.9 Å². The molecule has 9 heteroatoms. The molecule has 1 heterocycles. The zero-order valence-corrected chi connectivity index (χ0v) is 19.8. The van der Waals surface area contributed by atoms with E-state index < -0.39 is 15.4 Å². The van der Waals surface area contributed by atoms with Crippen LogP contribution in [0, 0.1) is 5.92 Å². The normalized spacial score (nSPS) is 18.5. The van der Waals surface area contributed by atoms with Gasteiger partial charge in [0.25, 0.3) is 0 Å². The van der Waals surface area contributed by atoms with Gasteiger partial charge in [-0.05, 0) is 64.3 Å². The summed E-state index contributed by atoms with van der Waals surface area (Å²) < 4.78 is 30.8. The molecule has 1 aromatic rings. The highest BCUT2D eigenvalue weighted by Crippen LogP contribution is 2.26. The van der Waals surface area contributed by atoms with E-state index in [1.807, 2.05) is 20.8 Å². The van der Waals surface area contributed by atoms with Crippen molar-refractivity contribution in [1.82, 2.24) is 9.80 Å². The van der Waals surface area contributed by atoms with Gasteiger partial charge in [-0.15, -0.1) is 0 Å². The minimum Gasteiger partial charge on any atom is -0.444 e. The summed E-state index contributed by atoms with van der Waals surface area (Å²) in [6.45, 7) is 8.10. The SMILES string of the molecule is CN(CC1CCCN(CCS(=O)(=O)c2cc(Cl)ccc2Cl)C1)C(=O)OC(C)(C)C. The van der Waals surface area contributed by atoms with Gasteiger partial charge >= 0.3 is 6.09 Å². The van der Waals surface area contributed by atoms with E-state index in [1.165, 1.54) is 12.1 Å². The molecule has 6 nitrogen and oxygen atoms in total. The smallest absolute Gasteiger partial charge is 0.410 e. The van der Waals surface area contributed by atoms with Crippen molar-refractivity contribution in [3.05, 3.63) is 28.2 Å². The van der Waals surface area contributed by atoms with E-state index in [9.17, 15) is 13.2 Å². The molecule has 1 aromatic carbocycles. The molecule has 0 aromatic heterocycles. The third kappa shape index (κ3) is 7.63. The Morgan fingerprint density at radius 3 is 2.66 bits per heavy atom. The Morgan fingerprint density at radius 2 is 2.00 bits per heavy atom. The summed E-state index contributed by atoms with van der Waals surface area (Å²) >= 11 is 12.0. The largest absolute Gasteiger partial charge is 0.444 e. The Morgan fingerprint density at radius 1 is 1.31 bits per heavy atom. The molecule has 1 amide bonds. The molecule has 0 radical (unpaired) electrons. The third-order valence-electron chi connectivity index (χ3n) is 4.74. The number of amides is 1. The number of hydrogen-bond acceptors (Lipinski definition) is 5. The van der Waals surface area contributed by atoms with Crippen LogP contribution in [-0.4, -0.2) is 68.9 Å². The Bertz CT molecular complexity index is 824. The average Bonchev–Trinajstić information content (AvgIpc) is 2.61. The molecule has 1 aliphatic heterocycles. The second kappa shape index (κ2) is 9.86. The second-order valence-electron chi connectivity index (χ2n) is 8.56. The van der Waals surface area contributed by atoms with Crippen LogP contribution >= 0.6 is 23.2 Å². The zero-order valence-electron chi connectivity index (χ0n) is 17.5. The molecular formula is C20H30Cl2N2O4S. The number of likely N-dealkylation sites (tertiary alicyclic amines) is 1. The number of sulfone groups is 1. The van der Waals surface area contributed by atoms with Gasteiger partial charge in [-0.1, -0.05) is 23.2 Å². The fourth-order valence-corrected chi connectivity index (χ4v) is 5.48. The van der Waals surface area contributed by atoms with Crippen molar-refractivity contribution in [3.8, 4) is 0 Å². The molecule has 1 atom stereocenters. The van der Waals surface area contributed by atoms with Crippen LogP contribution in [0.25, 0.3) is 0 Å². The number of benzene rings is 1. The van der Waals surface area contributed by atoms with Gasteiger partial charge in [0.2, 0.25) is 0 Å². The van der Waals surface area contributed by atoms with Crippen LogP contribution < -0.4 is 0 Å². The van der Waals surface area contributed by atoms with Crippen molar-refractivity contribution >= 4 is 39.1 Å². The van der Waals surface area contributed by atoms with Crippen LogP contribution in [0.3, 0.4) is 0 Å². The molecule has 0 N–H and O–H groups in total. The third-order valence-corrected chi connectivity index (χ3v) is 7.15. The Kier molecular flexibility index (Phi) is 8.24. The summed E-state index contributed by atoms with van der Waals surface area (Å²) in [5.74, 6) is 0.250. The molecule has 2 rings (SSSR count).